The Hall–Kier alpha value is -4.80. The van der Waals surface area contributed by atoms with E-state index >= 15 is 0 Å². The molecule has 2 N–H and O–H groups in total. The second-order valence-corrected chi connectivity index (χ2v) is 10.2. The molecule has 1 aromatic heterocycles. The maximum absolute atomic E-state index is 13.7. The molecule has 0 spiro atoms. The molecule has 11 heteroatoms. The summed E-state index contributed by atoms with van der Waals surface area (Å²) in [5, 5.41) is 12.2. The van der Waals surface area contributed by atoms with E-state index in [0.717, 1.165) is 29.7 Å². The fraction of sp³-hybridized carbons (Fsp3) is 0.333. The number of nitrogens with one attached hydrogen (secondary N) is 1. The number of hydrogen-bond acceptors (Lipinski definition) is 7. The van der Waals surface area contributed by atoms with Gasteiger partial charge in [-0.3, -0.25) is 9.59 Å². The van der Waals surface area contributed by atoms with Crippen LogP contribution in [0.2, 0.25) is 0 Å². The monoisotopic (exact) mass is 557 g/mol. The zero-order valence-electron chi connectivity index (χ0n) is 22.7. The summed E-state index contributed by atoms with van der Waals surface area (Å²) >= 11 is 0. The molecular weight excluding hydrogens is 526 g/mol. The Morgan fingerprint density at radius 3 is 2.22 bits per heavy atom. The van der Waals surface area contributed by atoms with Crippen LogP contribution in [0.25, 0.3) is 11.4 Å². The van der Waals surface area contributed by atoms with Gasteiger partial charge in [-0.1, -0.05) is 42.5 Å². The number of carbonyl (C=O) groups is 4. The molecule has 11 nitrogen and oxygen atoms in total. The van der Waals surface area contributed by atoms with E-state index in [2.05, 4.69) is 10.3 Å². The zero-order valence-corrected chi connectivity index (χ0v) is 22.7. The number of carboxylic acid groups (broad SMARTS) is 1. The van der Waals surface area contributed by atoms with Crippen molar-refractivity contribution >= 4 is 23.9 Å². The van der Waals surface area contributed by atoms with Crippen LogP contribution in [-0.4, -0.2) is 88.1 Å². The third kappa shape index (κ3) is 6.68. The van der Waals surface area contributed by atoms with Crippen LogP contribution in [-0.2, 0) is 16.0 Å². The van der Waals surface area contributed by atoms with Crippen LogP contribution < -0.4 is 5.32 Å². The summed E-state index contributed by atoms with van der Waals surface area (Å²) in [6.45, 7) is 0.811. The number of rotatable bonds is 8. The van der Waals surface area contributed by atoms with Crippen molar-refractivity contribution in [3.63, 3.8) is 0 Å². The fourth-order valence-electron chi connectivity index (χ4n) is 4.79. The molecule has 0 bridgehead atoms. The Morgan fingerprint density at radius 1 is 0.951 bits per heavy atom. The van der Waals surface area contributed by atoms with Crippen molar-refractivity contribution in [1.29, 1.82) is 0 Å². The SMILES string of the molecule is COC(=O)c1ccc(CC(NC(=O)c2cc(C3CC3)nc(-c3ccccc3)n2)C(=O)N2CCN(C(=O)O)CC2)cc1. The van der Waals surface area contributed by atoms with Gasteiger partial charge >= 0.3 is 12.1 Å². The van der Waals surface area contributed by atoms with Gasteiger partial charge in [0.15, 0.2) is 5.82 Å². The second-order valence-electron chi connectivity index (χ2n) is 10.2. The molecule has 1 unspecified atom stereocenters. The smallest absolute Gasteiger partial charge is 0.407 e. The molecule has 1 saturated heterocycles. The second kappa shape index (κ2) is 12.2. The highest BCUT2D eigenvalue weighted by atomic mass is 16.5. The van der Waals surface area contributed by atoms with Gasteiger partial charge in [-0.15, -0.1) is 0 Å². The summed E-state index contributed by atoms with van der Waals surface area (Å²) in [7, 11) is 1.30. The van der Waals surface area contributed by atoms with Gasteiger partial charge in [-0.2, -0.15) is 0 Å². The van der Waals surface area contributed by atoms with E-state index in [9.17, 15) is 24.3 Å². The van der Waals surface area contributed by atoms with Gasteiger partial charge in [0, 0.05) is 49.8 Å². The highest BCUT2D eigenvalue weighted by Crippen LogP contribution is 2.39. The van der Waals surface area contributed by atoms with Crippen molar-refractivity contribution in [2.45, 2.75) is 31.2 Å². The predicted octanol–water partition coefficient (Wildman–Crippen LogP) is 2.97. The molecule has 212 valence electrons. The first-order chi connectivity index (χ1) is 19.8. The number of piperazine rings is 1. The summed E-state index contributed by atoms with van der Waals surface area (Å²) in [5.41, 5.74) is 2.87. The number of carbonyl (C=O) groups excluding carboxylic acids is 3. The fourth-order valence-corrected chi connectivity index (χ4v) is 4.79. The van der Waals surface area contributed by atoms with Crippen LogP contribution in [0, 0.1) is 0 Å². The predicted molar refractivity (Wildman–Crippen MR) is 148 cm³/mol. The van der Waals surface area contributed by atoms with Gasteiger partial charge in [-0.25, -0.2) is 19.6 Å². The third-order valence-corrected chi connectivity index (χ3v) is 7.29. The first-order valence-corrected chi connectivity index (χ1v) is 13.5. The Bertz CT molecular complexity index is 1430. The minimum atomic E-state index is -1.03. The van der Waals surface area contributed by atoms with E-state index < -0.39 is 24.0 Å². The van der Waals surface area contributed by atoms with Crippen molar-refractivity contribution in [1.82, 2.24) is 25.1 Å². The largest absolute Gasteiger partial charge is 0.465 e. The number of hydrogen-bond donors (Lipinski definition) is 2. The maximum atomic E-state index is 13.7. The number of amides is 3. The Morgan fingerprint density at radius 2 is 1.61 bits per heavy atom. The summed E-state index contributed by atoms with van der Waals surface area (Å²) in [5.74, 6) is -0.562. The minimum absolute atomic E-state index is 0.164. The van der Waals surface area contributed by atoms with Crippen LogP contribution >= 0.6 is 0 Å². The van der Waals surface area contributed by atoms with Crippen LogP contribution in [0.15, 0.2) is 60.7 Å². The Balaban J connectivity index is 1.40. The molecule has 41 heavy (non-hydrogen) atoms. The molecule has 2 aliphatic rings. The van der Waals surface area contributed by atoms with Gasteiger partial charge in [-0.05, 0) is 36.6 Å². The maximum Gasteiger partial charge on any atom is 0.407 e. The summed E-state index contributed by atoms with van der Waals surface area (Å²) < 4.78 is 4.76. The van der Waals surface area contributed by atoms with E-state index in [1.165, 1.54) is 12.0 Å². The van der Waals surface area contributed by atoms with Crippen molar-refractivity contribution in [3.05, 3.63) is 83.2 Å². The molecule has 1 aliphatic carbocycles. The average Bonchev–Trinajstić information content (AvgIpc) is 3.86. The van der Waals surface area contributed by atoms with E-state index in [4.69, 9.17) is 9.72 Å². The zero-order chi connectivity index (χ0) is 28.9. The first-order valence-electron chi connectivity index (χ1n) is 13.5. The number of methoxy groups -OCH3 is 1. The van der Waals surface area contributed by atoms with Crippen LogP contribution in [0.5, 0.6) is 0 Å². The number of esters is 1. The lowest BCUT2D eigenvalue weighted by molar-refractivity contribution is -0.134. The van der Waals surface area contributed by atoms with Gasteiger partial charge < -0.3 is 25.0 Å². The molecule has 1 atom stereocenters. The lowest BCUT2D eigenvalue weighted by Gasteiger charge is -2.35. The van der Waals surface area contributed by atoms with Gasteiger partial charge in [0.25, 0.3) is 5.91 Å². The molecule has 1 saturated carbocycles. The lowest BCUT2D eigenvalue weighted by atomic mass is 10.0. The Labute approximate surface area is 237 Å². The number of nitrogens with zero attached hydrogens (tertiary/aromatic N) is 4. The quantitative estimate of drug-likeness (QED) is 0.403. The van der Waals surface area contributed by atoms with Crippen LogP contribution in [0.1, 0.15) is 50.9 Å². The van der Waals surface area contributed by atoms with E-state index in [0.29, 0.717) is 11.4 Å². The molecule has 3 aromatic rings. The summed E-state index contributed by atoms with van der Waals surface area (Å²) in [6.07, 6.45) is 1.13. The summed E-state index contributed by atoms with van der Waals surface area (Å²) in [4.78, 5) is 62.5. The van der Waals surface area contributed by atoms with E-state index in [1.54, 1.807) is 35.2 Å². The topological polar surface area (TPSA) is 142 Å². The molecule has 3 amide bonds. The van der Waals surface area contributed by atoms with Gasteiger partial charge in [0.1, 0.15) is 11.7 Å². The van der Waals surface area contributed by atoms with Crippen molar-refractivity contribution in [2.75, 3.05) is 33.3 Å². The molecule has 2 aromatic carbocycles. The lowest BCUT2D eigenvalue weighted by Crippen LogP contribution is -2.56. The summed E-state index contributed by atoms with van der Waals surface area (Å²) in [6, 6.07) is 16.8. The molecular formula is C30H31N5O6. The van der Waals surface area contributed by atoms with Crippen molar-refractivity contribution < 1.29 is 29.0 Å². The van der Waals surface area contributed by atoms with Crippen LogP contribution in [0.4, 0.5) is 4.79 Å². The molecule has 2 fully saturated rings. The first kappa shape index (κ1) is 27.8. The highest BCUT2D eigenvalue weighted by Gasteiger charge is 2.32. The highest BCUT2D eigenvalue weighted by molar-refractivity contribution is 5.96. The molecule has 0 radical (unpaired) electrons. The van der Waals surface area contributed by atoms with E-state index in [1.807, 2.05) is 30.3 Å². The van der Waals surface area contributed by atoms with Gasteiger partial charge in [0.2, 0.25) is 5.91 Å². The average molecular weight is 558 g/mol. The van der Waals surface area contributed by atoms with Crippen molar-refractivity contribution in [3.8, 4) is 11.4 Å². The Kier molecular flexibility index (Phi) is 8.23. The van der Waals surface area contributed by atoms with Gasteiger partial charge in [0.05, 0.1) is 12.7 Å². The standard InChI is InChI=1S/C30H31N5O6/c1-41-29(38)22-9-7-19(8-10-22)17-25(28(37)34-13-15-35(16-14-34)30(39)40)33-27(36)24-18-23(20-11-12-20)31-26(32-24)21-5-3-2-4-6-21/h2-10,18,20,25H,11-17H2,1H3,(H,33,36)(H,39,40). The normalized spacial score (nSPS) is 15.6. The van der Waals surface area contributed by atoms with E-state index in [-0.39, 0.29) is 50.1 Å². The molecule has 5 rings (SSSR count). The third-order valence-electron chi connectivity index (χ3n) is 7.29. The molecule has 2 heterocycles. The molecule has 1 aliphatic heterocycles. The van der Waals surface area contributed by atoms with Crippen LogP contribution in [0.3, 0.4) is 0 Å². The number of ether oxygens (including phenoxy) is 1. The number of aromatic nitrogens is 2. The van der Waals surface area contributed by atoms with Crippen molar-refractivity contribution in [2.24, 2.45) is 0 Å². The number of benzene rings is 2. The minimum Gasteiger partial charge on any atom is -0.465 e.